The number of amides is 1. The second-order valence-corrected chi connectivity index (χ2v) is 7.06. The van der Waals surface area contributed by atoms with Gasteiger partial charge in [-0.1, -0.05) is 13.0 Å². The molecule has 1 N–H and O–H groups in total. The third kappa shape index (κ3) is 3.33. The van der Waals surface area contributed by atoms with Gasteiger partial charge in [0.1, 0.15) is 0 Å². The number of nitrogens with zero attached hydrogens (tertiary/aromatic N) is 3. The molecule has 124 valence electrons. The van der Waals surface area contributed by atoms with E-state index in [1.165, 1.54) is 0 Å². The first kappa shape index (κ1) is 16.2. The molecule has 3 heterocycles. The van der Waals surface area contributed by atoms with Crippen molar-refractivity contribution in [3.63, 3.8) is 0 Å². The number of hydrogen-bond acceptors (Lipinski definition) is 4. The topological polar surface area (TPSA) is 58.4 Å². The molecule has 1 saturated heterocycles. The predicted molar refractivity (Wildman–Crippen MR) is 90.5 cm³/mol. The van der Waals surface area contributed by atoms with Crippen molar-refractivity contribution in [2.24, 2.45) is 7.05 Å². The van der Waals surface area contributed by atoms with E-state index in [9.17, 15) is 9.90 Å². The predicted octanol–water partition coefficient (Wildman–Crippen LogP) is 2.77. The lowest BCUT2D eigenvalue weighted by molar-refractivity contribution is 0.0669. The lowest BCUT2D eigenvalue weighted by Gasteiger charge is -2.26. The Kier molecular flexibility index (Phi) is 4.82. The van der Waals surface area contributed by atoms with Crippen LogP contribution in [0.4, 0.5) is 0 Å². The lowest BCUT2D eigenvalue weighted by Crippen LogP contribution is -2.36. The van der Waals surface area contributed by atoms with Crippen LogP contribution in [0.1, 0.15) is 53.2 Å². The van der Waals surface area contributed by atoms with E-state index in [1.807, 2.05) is 42.6 Å². The Morgan fingerprint density at radius 2 is 2.39 bits per heavy atom. The second-order valence-electron chi connectivity index (χ2n) is 6.08. The molecule has 2 aromatic rings. The molecule has 1 amide bonds. The number of hydrogen-bond donors (Lipinski definition) is 1. The van der Waals surface area contributed by atoms with Crippen LogP contribution in [-0.4, -0.2) is 38.3 Å². The number of carbonyl (C=O) groups excluding carboxylic acids is 1. The van der Waals surface area contributed by atoms with E-state index in [4.69, 9.17) is 0 Å². The van der Waals surface area contributed by atoms with Gasteiger partial charge in [0.05, 0.1) is 17.4 Å². The standard InChI is InChI=1S/C17H23N3O2S/c1-3-14-13(11-19(2)18-14)17(22)20-8-4-6-12(20)10-15(21)16-7-5-9-23-16/h5,7,9,11-12,15,21H,3-4,6,8,10H2,1-2H3. The second kappa shape index (κ2) is 6.84. The van der Waals surface area contributed by atoms with Crippen LogP contribution in [0.15, 0.2) is 23.7 Å². The minimum atomic E-state index is -0.493. The maximum absolute atomic E-state index is 12.9. The molecular formula is C17H23N3O2S. The zero-order chi connectivity index (χ0) is 16.4. The molecule has 1 aliphatic rings. The van der Waals surface area contributed by atoms with Gasteiger partial charge < -0.3 is 10.0 Å². The molecule has 3 rings (SSSR count). The van der Waals surface area contributed by atoms with Crippen molar-refractivity contribution >= 4 is 17.2 Å². The highest BCUT2D eigenvalue weighted by Gasteiger charge is 2.32. The first-order chi connectivity index (χ1) is 11.1. The average Bonchev–Trinajstić information content (AvgIpc) is 3.26. The summed E-state index contributed by atoms with van der Waals surface area (Å²) in [6.45, 7) is 2.78. The summed E-state index contributed by atoms with van der Waals surface area (Å²) in [6.07, 6.45) is 4.62. The number of aliphatic hydroxyl groups excluding tert-OH is 1. The summed E-state index contributed by atoms with van der Waals surface area (Å²) >= 11 is 1.56. The van der Waals surface area contributed by atoms with Gasteiger partial charge in [0.15, 0.2) is 0 Å². The van der Waals surface area contributed by atoms with E-state index < -0.39 is 6.10 Å². The number of aryl methyl sites for hydroxylation is 2. The molecule has 2 unspecified atom stereocenters. The minimum absolute atomic E-state index is 0.0517. The van der Waals surface area contributed by atoms with Crippen molar-refractivity contribution in [1.82, 2.24) is 14.7 Å². The summed E-state index contributed by atoms with van der Waals surface area (Å²) in [5.41, 5.74) is 1.55. The molecular weight excluding hydrogens is 310 g/mol. The molecule has 2 atom stereocenters. The lowest BCUT2D eigenvalue weighted by atomic mass is 10.0. The molecule has 1 aliphatic heterocycles. The quantitative estimate of drug-likeness (QED) is 0.915. The number of rotatable bonds is 5. The van der Waals surface area contributed by atoms with Crippen LogP contribution in [0.5, 0.6) is 0 Å². The first-order valence-corrected chi connectivity index (χ1v) is 9.03. The zero-order valence-electron chi connectivity index (χ0n) is 13.6. The van der Waals surface area contributed by atoms with Crippen molar-refractivity contribution in [1.29, 1.82) is 0 Å². The van der Waals surface area contributed by atoms with Crippen molar-refractivity contribution < 1.29 is 9.90 Å². The van der Waals surface area contributed by atoms with E-state index in [1.54, 1.807) is 16.0 Å². The Labute approximate surface area is 140 Å². The van der Waals surface area contributed by atoms with Gasteiger partial charge in [-0.15, -0.1) is 11.3 Å². The van der Waals surface area contributed by atoms with Crippen LogP contribution in [0, 0.1) is 0 Å². The normalized spacial score (nSPS) is 19.3. The highest BCUT2D eigenvalue weighted by atomic mass is 32.1. The summed E-state index contributed by atoms with van der Waals surface area (Å²) < 4.78 is 1.71. The summed E-state index contributed by atoms with van der Waals surface area (Å²) in [6, 6.07) is 4.00. The van der Waals surface area contributed by atoms with Crippen molar-refractivity contribution in [2.45, 2.75) is 44.8 Å². The average molecular weight is 333 g/mol. The maximum atomic E-state index is 12.9. The van der Waals surface area contributed by atoms with E-state index in [2.05, 4.69) is 5.10 Å². The summed E-state index contributed by atoms with van der Waals surface area (Å²) in [7, 11) is 1.85. The Hall–Kier alpha value is -1.66. The number of aliphatic hydroxyl groups is 1. The van der Waals surface area contributed by atoms with Crippen LogP contribution in [0.25, 0.3) is 0 Å². The van der Waals surface area contributed by atoms with Crippen LogP contribution >= 0.6 is 11.3 Å². The van der Waals surface area contributed by atoms with Crippen LogP contribution in [-0.2, 0) is 13.5 Å². The molecule has 0 saturated carbocycles. The fourth-order valence-electron chi connectivity index (χ4n) is 3.33. The summed E-state index contributed by atoms with van der Waals surface area (Å²) in [4.78, 5) is 15.8. The Morgan fingerprint density at radius 3 is 3.09 bits per heavy atom. The minimum Gasteiger partial charge on any atom is -0.387 e. The fraction of sp³-hybridized carbons (Fsp3) is 0.529. The van der Waals surface area contributed by atoms with Gasteiger partial charge in [0.2, 0.25) is 0 Å². The van der Waals surface area contributed by atoms with E-state index in [-0.39, 0.29) is 11.9 Å². The monoisotopic (exact) mass is 333 g/mol. The molecule has 5 nitrogen and oxygen atoms in total. The highest BCUT2D eigenvalue weighted by molar-refractivity contribution is 7.10. The number of aromatic nitrogens is 2. The fourth-order valence-corrected chi connectivity index (χ4v) is 4.06. The molecule has 0 aromatic carbocycles. The van der Waals surface area contributed by atoms with Crippen LogP contribution in [0.3, 0.4) is 0 Å². The van der Waals surface area contributed by atoms with Crippen molar-refractivity contribution in [3.05, 3.63) is 39.8 Å². The van der Waals surface area contributed by atoms with Gasteiger partial charge in [-0.2, -0.15) is 5.10 Å². The number of likely N-dealkylation sites (tertiary alicyclic amines) is 1. The van der Waals surface area contributed by atoms with Crippen molar-refractivity contribution in [3.8, 4) is 0 Å². The third-order valence-corrected chi connectivity index (χ3v) is 5.45. The van der Waals surface area contributed by atoms with Gasteiger partial charge in [-0.3, -0.25) is 9.48 Å². The largest absolute Gasteiger partial charge is 0.387 e. The summed E-state index contributed by atoms with van der Waals surface area (Å²) in [5, 5.41) is 16.7. The van der Waals surface area contributed by atoms with Gasteiger partial charge in [0.25, 0.3) is 5.91 Å². The van der Waals surface area contributed by atoms with E-state index in [0.717, 1.165) is 36.4 Å². The number of thiophene rings is 1. The Bertz CT molecular complexity index is 665. The van der Waals surface area contributed by atoms with E-state index in [0.29, 0.717) is 12.0 Å². The molecule has 1 fully saturated rings. The smallest absolute Gasteiger partial charge is 0.257 e. The maximum Gasteiger partial charge on any atom is 0.257 e. The molecule has 6 heteroatoms. The van der Waals surface area contributed by atoms with Crippen LogP contribution in [0.2, 0.25) is 0 Å². The molecule has 23 heavy (non-hydrogen) atoms. The van der Waals surface area contributed by atoms with Crippen LogP contribution < -0.4 is 0 Å². The Balaban J connectivity index is 1.74. The summed E-state index contributed by atoms with van der Waals surface area (Å²) in [5.74, 6) is 0.0517. The number of carbonyl (C=O) groups is 1. The molecule has 0 aliphatic carbocycles. The van der Waals surface area contributed by atoms with Gasteiger partial charge in [0, 0.05) is 30.7 Å². The SMILES string of the molecule is CCc1nn(C)cc1C(=O)N1CCCC1CC(O)c1cccs1. The van der Waals surface area contributed by atoms with Gasteiger partial charge in [-0.25, -0.2) is 0 Å². The van der Waals surface area contributed by atoms with Gasteiger partial charge in [-0.05, 0) is 37.1 Å². The third-order valence-electron chi connectivity index (χ3n) is 4.48. The van der Waals surface area contributed by atoms with E-state index >= 15 is 0 Å². The molecule has 0 bridgehead atoms. The van der Waals surface area contributed by atoms with Gasteiger partial charge >= 0.3 is 0 Å². The molecule has 2 aromatic heterocycles. The molecule has 0 spiro atoms. The zero-order valence-corrected chi connectivity index (χ0v) is 14.4. The highest BCUT2D eigenvalue weighted by Crippen LogP contribution is 2.30. The Morgan fingerprint density at radius 1 is 1.57 bits per heavy atom. The molecule has 0 radical (unpaired) electrons. The first-order valence-electron chi connectivity index (χ1n) is 8.15. The van der Waals surface area contributed by atoms with Crippen molar-refractivity contribution in [2.75, 3.05) is 6.54 Å².